The molecule has 3 atom stereocenters. The second kappa shape index (κ2) is 9.40. The van der Waals surface area contributed by atoms with Crippen LogP contribution in [0.5, 0.6) is 17.2 Å². The van der Waals surface area contributed by atoms with Crippen LogP contribution in [0.25, 0.3) is 0 Å². The number of aliphatic hydroxyl groups excluding tert-OH is 1. The number of aliphatic hydroxyl groups is 1. The SMILES string of the molecule is OC1C(NSc2ccc(OC(F)(F)F)cc2)CCCC1N1c2ccccc2Oc2ccccc21. The van der Waals surface area contributed by atoms with Crippen molar-refractivity contribution in [1.82, 2.24) is 4.72 Å². The van der Waals surface area contributed by atoms with Gasteiger partial charge in [0.25, 0.3) is 0 Å². The van der Waals surface area contributed by atoms with Gasteiger partial charge in [0.1, 0.15) is 5.75 Å². The van der Waals surface area contributed by atoms with Crippen molar-refractivity contribution in [2.45, 2.75) is 48.7 Å². The quantitative estimate of drug-likeness (QED) is 0.405. The fourth-order valence-electron chi connectivity index (χ4n) is 4.51. The highest BCUT2D eigenvalue weighted by atomic mass is 32.2. The molecular weight excluding hydrogens is 465 g/mol. The number of ether oxygens (including phenoxy) is 2. The molecule has 1 aliphatic carbocycles. The van der Waals surface area contributed by atoms with E-state index in [2.05, 4.69) is 14.4 Å². The van der Waals surface area contributed by atoms with Gasteiger partial charge in [0.15, 0.2) is 11.5 Å². The second-order valence-electron chi connectivity index (χ2n) is 8.24. The van der Waals surface area contributed by atoms with Crippen LogP contribution >= 0.6 is 11.9 Å². The summed E-state index contributed by atoms with van der Waals surface area (Å²) in [6.07, 6.45) is -2.87. The van der Waals surface area contributed by atoms with E-state index in [1.807, 2.05) is 48.5 Å². The van der Waals surface area contributed by atoms with E-state index in [0.717, 1.165) is 47.0 Å². The number of para-hydroxylation sites is 4. The van der Waals surface area contributed by atoms with Crippen LogP contribution in [0.1, 0.15) is 19.3 Å². The molecule has 0 spiro atoms. The van der Waals surface area contributed by atoms with Crippen molar-refractivity contribution in [1.29, 1.82) is 0 Å². The molecule has 0 aromatic heterocycles. The molecule has 0 amide bonds. The van der Waals surface area contributed by atoms with Crippen molar-refractivity contribution in [2.24, 2.45) is 0 Å². The van der Waals surface area contributed by atoms with Crippen LogP contribution in [0.15, 0.2) is 77.7 Å². The van der Waals surface area contributed by atoms with Crippen LogP contribution in [0.4, 0.5) is 24.5 Å². The molecule has 1 fully saturated rings. The van der Waals surface area contributed by atoms with E-state index in [9.17, 15) is 18.3 Å². The average molecular weight is 489 g/mol. The van der Waals surface area contributed by atoms with Gasteiger partial charge in [0, 0.05) is 10.9 Å². The summed E-state index contributed by atoms with van der Waals surface area (Å²) in [4.78, 5) is 2.89. The predicted octanol–water partition coefficient (Wildman–Crippen LogP) is 6.41. The van der Waals surface area contributed by atoms with E-state index in [4.69, 9.17) is 4.74 Å². The Morgan fingerprint density at radius 1 is 0.912 bits per heavy atom. The molecule has 2 aliphatic rings. The third kappa shape index (κ3) is 4.82. The highest BCUT2D eigenvalue weighted by Gasteiger charge is 2.39. The summed E-state index contributed by atoms with van der Waals surface area (Å²) in [5.74, 6) is 1.23. The van der Waals surface area contributed by atoms with Gasteiger partial charge in [-0.1, -0.05) is 24.3 Å². The Balaban J connectivity index is 1.32. The van der Waals surface area contributed by atoms with Gasteiger partial charge in [-0.25, -0.2) is 0 Å². The van der Waals surface area contributed by atoms with E-state index >= 15 is 0 Å². The van der Waals surface area contributed by atoms with E-state index in [0.29, 0.717) is 0 Å². The number of hydrogen-bond acceptors (Lipinski definition) is 6. The Kier molecular flexibility index (Phi) is 6.33. The zero-order chi connectivity index (χ0) is 23.7. The lowest BCUT2D eigenvalue weighted by Gasteiger charge is -2.44. The summed E-state index contributed by atoms with van der Waals surface area (Å²) in [5.41, 5.74) is 1.83. The third-order valence-corrected chi connectivity index (χ3v) is 6.94. The number of fused-ring (bicyclic) bond motifs is 2. The molecule has 0 saturated heterocycles. The van der Waals surface area contributed by atoms with Crippen molar-refractivity contribution in [2.75, 3.05) is 4.90 Å². The van der Waals surface area contributed by atoms with Gasteiger partial charge in [0.2, 0.25) is 0 Å². The van der Waals surface area contributed by atoms with Crippen molar-refractivity contribution in [3.63, 3.8) is 0 Å². The Morgan fingerprint density at radius 3 is 2.15 bits per heavy atom. The molecule has 5 rings (SSSR count). The summed E-state index contributed by atoms with van der Waals surface area (Å²) in [7, 11) is 0. The number of anilines is 2. The largest absolute Gasteiger partial charge is 0.573 e. The molecule has 34 heavy (non-hydrogen) atoms. The molecule has 3 aromatic carbocycles. The Bertz CT molecular complexity index is 1100. The van der Waals surface area contributed by atoms with E-state index < -0.39 is 12.5 Å². The molecule has 0 radical (unpaired) electrons. The molecule has 3 unspecified atom stereocenters. The zero-order valence-electron chi connectivity index (χ0n) is 18.0. The summed E-state index contributed by atoms with van der Waals surface area (Å²) in [6.45, 7) is 0. The van der Waals surface area contributed by atoms with Crippen molar-refractivity contribution >= 4 is 23.3 Å². The number of benzene rings is 3. The fourth-order valence-corrected chi connectivity index (χ4v) is 5.33. The van der Waals surface area contributed by atoms with Gasteiger partial charge in [-0.05, 0) is 79.7 Å². The van der Waals surface area contributed by atoms with Crippen LogP contribution in [0.3, 0.4) is 0 Å². The minimum atomic E-state index is -4.72. The van der Waals surface area contributed by atoms with E-state index in [1.54, 1.807) is 12.1 Å². The lowest BCUT2D eigenvalue weighted by Crippen LogP contribution is -2.53. The standard InChI is InChI=1S/C25H23F3N2O3S/c26-25(27,28)33-16-12-14-17(15-13-16)34-29-18-6-5-9-21(24(18)31)30-19-7-1-3-10-22(19)32-23-11-4-2-8-20(23)30/h1-4,7-8,10-15,18,21,24,29,31H,5-6,9H2. The number of halogens is 3. The molecule has 0 bridgehead atoms. The molecule has 2 N–H and O–H groups in total. The number of nitrogens with one attached hydrogen (secondary N) is 1. The van der Waals surface area contributed by atoms with Gasteiger partial charge in [-0.2, -0.15) is 0 Å². The minimum Gasteiger partial charge on any atom is -0.453 e. The second-order valence-corrected chi connectivity index (χ2v) is 9.15. The minimum absolute atomic E-state index is 0.166. The van der Waals surface area contributed by atoms with Crippen LogP contribution in [0, 0.1) is 0 Å². The maximum Gasteiger partial charge on any atom is 0.573 e. The van der Waals surface area contributed by atoms with Gasteiger partial charge in [0.05, 0.1) is 23.5 Å². The molecule has 5 nitrogen and oxygen atoms in total. The highest BCUT2D eigenvalue weighted by Crippen LogP contribution is 2.49. The molecule has 1 saturated carbocycles. The van der Waals surface area contributed by atoms with Crippen LogP contribution in [0.2, 0.25) is 0 Å². The third-order valence-electron chi connectivity index (χ3n) is 6.01. The van der Waals surface area contributed by atoms with Crippen molar-refractivity contribution in [3.05, 3.63) is 72.8 Å². The number of rotatable bonds is 5. The smallest absolute Gasteiger partial charge is 0.453 e. The first kappa shape index (κ1) is 22.9. The normalized spacial score (nSPS) is 21.9. The van der Waals surface area contributed by atoms with Crippen molar-refractivity contribution < 1.29 is 27.8 Å². The summed E-state index contributed by atoms with van der Waals surface area (Å²) < 4.78 is 50.4. The van der Waals surface area contributed by atoms with E-state index in [-0.39, 0.29) is 17.8 Å². The highest BCUT2D eigenvalue weighted by molar-refractivity contribution is 7.97. The number of hydrogen-bond donors (Lipinski definition) is 2. The number of nitrogens with zero attached hydrogens (tertiary/aromatic N) is 1. The molecule has 3 aromatic rings. The molecule has 9 heteroatoms. The monoisotopic (exact) mass is 488 g/mol. The van der Waals surface area contributed by atoms with E-state index in [1.165, 1.54) is 24.1 Å². The summed E-state index contributed by atoms with van der Waals surface area (Å²) in [5, 5.41) is 11.4. The Morgan fingerprint density at radius 2 is 1.53 bits per heavy atom. The maximum atomic E-state index is 12.4. The summed E-state index contributed by atoms with van der Waals surface area (Å²) in [6, 6.07) is 20.9. The van der Waals surface area contributed by atoms with Gasteiger partial charge >= 0.3 is 6.36 Å². The Labute approximate surface area is 199 Å². The first-order valence-electron chi connectivity index (χ1n) is 11.0. The van der Waals surface area contributed by atoms with Crippen LogP contribution < -0.4 is 19.1 Å². The average Bonchev–Trinajstić information content (AvgIpc) is 2.82. The lowest BCUT2D eigenvalue weighted by molar-refractivity contribution is -0.274. The maximum absolute atomic E-state index is 12.4. The first-order valence-corrected chi connectivity index (χ1v) is 11.8. The topological polar surface area (TPSA) is 54.0 Å². The van der Waals surface area contributed by atoms with Crippen LogP contribution in [-0.2, 0) is 0 Å². The zero-order valence-corrected chi connectivity index (χ0v) is 18.9. The predicted molar refractivity (Wildman–Crippen MR) is 125 cm³/mol. The van der Waals surface area contributed by atoms with Gasteiger partial charge < -0.3 is 19.5 Å². The van der Waals surface area contributed by atoms with Gasteiger partial charge in [-0.3, -0.25) is 4.72 Å². The summed E-state index contributed by atoms with van der Waals surface area (Å²) >= 11 is 1.29. The van der Waals surface area contributed by atoms with Gasteiger partial charge in [-0.15, -0.1) is 13.2 Å². The molecular formula is C25H23F3N2O3S. The number of alkyl halides is 3. The molecule has 178 valence electrons. The van der Waals surface area contributed by atoms with Crippen molar-refractivity contribution in [3.8, 4) is 17.2 Å². The first-order chi connectivity index (χ1) is 16.4. The lowest BCUT2D eigenvalue weighted by atomic mass is 9.86. The Hall–Kier alpha value is -2.88. The fraction of sp³-hybridized carbons (Fsp3) is 0.280. The molecule has 1 heterocycles. The molecule has 1 aliphatic heterocycles. The van der Waals surface area contributed by atoms with Crippen LogP contribution in [-0.4, -0.2) is 29.7 Å².